The Balaban J connectivity index is 1.35. The summed E-state index contributed by atoms with van der Waals surface area (Å²) in [6.07, 6.45) is 1.14. The summed E-state index contributed by atoms with van der Waals surface area (Å²) in [5, 5.41) is 11.0. The second-order valence-electron chi connectivity index (χ2n) is 9.24. The number of pyridine rings is 1. The molecular formula is C28H36N4O2. The van der Waals surface area contributed by atoms with Gasteiger partial charge in [-0.25, -0.2) is 4.98 Å². The topological polar surface area (TPSA) is 74.9 Å². The molecule has 1 fully saturated rings. The van der Waals surface area contributed by atoms with Crippen molar-refractivity contribution in [2.45, 2.75) is 39.0 Å². The first kappa shape index (κ1) is 24.2. The van der Waals surface area contributed by atoms with Crippen LogP contribution in [0.4, 0.5) is 5.82 Å². The van der Waals surface area contributed by atoms with E-state index in [1.165, 1.54) is 5.56 Å². The molecule has 4 rings (SSSR count). The minimum absolute atomic E-state index is 0.0314. The lowest BCUT2D eigenvalue weighted by Crippen LogP contribution is -2.51. The van der Waals surface area contributed by atoms with E-state index in [1.54, 1.807) is 6.07 Å². The van der Waals surface area contributed by atoms with Crippen LogP contribution in [0.15, 0.2) is 66.7 Å². The fraction of sp³-hybridized carbons (Fsp3) is 0.393. The third kappa shape index (κ3) is 6.56. The van der Waals surface area contributed by atoms with Crippen molar-refractivity contribution in [1.29, 1.82) is 0 Å². The average molecular weight is 461 g/mol. The highest BCUT2D eigenvalue weighted by Crippen LogP contribution is 2.31. The molecule has 1 aliphatic heterocycles. The quantitative estimate of drug-likeness (QED) is 0.505. The molecule has 0 radical (unpaired) electrons. The molecule has 0 amide bonds. The molecule has 6 nitrogen and oxygen atoms in total. The van der Waals surface area contributed by atoms with E-state index in [4.69, 9.17) is 10.5 Å². The van der Waals surface area contributed by atoms with Crippen LogP contribution in [-0.2, 0) is 12.8 Å². The van der Waals surface area contributed by atoms with Crippen LogP contribution in [0.3, 0.4) is 0 Å². The van der Waals surface area contributed by atoms with Crippen LogP contribution in [0.5, 0.6) is 5.75 Å². The summed E-state index contributed by atoms with van der Waals surface area (Å²) in [5.74, 6) is 1.25. The number of aliphatic hydroxyl groups excluding tert-OH is 1. The molecule has 34 heavy (non-hydrogen) atoms. The van der Waals surface area contributed by atoms with Gasteiger partial charge in [-0.05, 0) is 55.7 Å². The summed E-state index contributed by atoms with van der Waals surface area (Å²) >= 11 is 0. The van der Waals surface area contributed by atoms with Crippen LogP contribution in [0.1, 0.15) is 25.0 Å². The minimum atomic E-state index is -0.514. The van der Waals surface area contributed by atoms with E-state index in [9.17, 15) is 5.11 Å². The Morgan fingerprint density at radius 3 is 2.41 bits per heavy atom. The molecule has 0 bridgehead atoms. The fourth-order valence-corrected chi connectivity index (χ4v) is 4.42. The molecule has 1 saturated heterocycles. The Labute approximate surface area is 203 Å². The second-order valence-corrected chi connectivity index (χ2v) is 9.24. The predicted molar refractivity (Wildman–Crippen MR) is 138 cm³/mol. The number of anilines is 1. The maximum absolute atomic E-state index is 11.0. The van der Waals surface area contributed by atoms with Crippen LogP contribution < -0.4 is 10.5 Å². The first-order valence-electron chi connectivity index (χ1n) is 12.2. The molecule has 2 aromatic carbocycles. The van der Waals surface area contributed by atoms with E-state index in [-0.39, 0.29) is 6.10 Å². The third-order valence-electron chi connectivity index (χ3n) is 6.26. The van der Waals surface area contributed by atoms with Gasteiger partial charge in [-0.15, -0.1) is 0 Å². The summed E-state index contributed by atoms with van der Waals surface area (Å²) in [6.45, 7) is 8.78. The van der Waals surface area contributed by atoms with Gasteiger partial charge in [0, 0.05) is 44.7 Å². The van der Waals surface area contributed by atoms with E-state index in [0.29, 0.717) is 12.2 Å². The first-order valence-corrected chi connectivity index (χ1v) is 12.2. The Morgan fingerprint density at radius 2 is 1.71 bits per heavy atom. The number of aliphatic hydroxyl groups is 1. The predicted octanol–water partition coefficient (Wildman–Crippen LogP) is 3.84. The van der Waals surface area contributed by atoms with Crippen molar-refractivity contribution < 1.29 is 9.84 Å². The number of benzene rings is 2. The van der Waals surface area contributed by atoms with Crippen molar-refractivity contribution in [2.24, 2.45) is 0 Å². The van der Waals surface area contributed by atoms with Gasteiger partial charge < -0.3 is 20.5 Å². The summed E-state index contributed by atoms with van der Waals surface area (Å²) in [5.41, 5.74) is 10.0. The number of nitrogen functional groups attached to an aromatic ring is 1. The average Bonchev–Trinajstić information content (AvgIpc) is 2.83. The van der Waals surface area contributed by atoms with Crippen LogP contribution in [0, 0.1) is 0 Å². The van der Waals surface area contributed by atoms with Crippen molar-refractivity contribution in [3.63, 3.8) is 0 Å². The highest BCUT2D eigenvalue weighted by atomic mass is 16.5. The van der Waals surface area contributed by atoms with E-state index in [1.807, 2.05) is 44.2 Å². The molecule has 2 heterocycles. The molecule has 0 spiro atoms. The van der Waals surface area contributed by atoms with Crippen molar-refractivity contribution in [2.75, 3.05) is 38.5 Å². The Morgan fingerprint density at radius 1 is 0.941 bits per heavy atom. The van der Waals surface area contributed by atoms with Crippen LogP contribution in [0.25, 0.3) is 11.3 Å². The number of aromatic nitrogens is 1. The monoisotopic (exact) mass is 460 g/mol. The van der Waals surface area contributed by atoms with Gasteiger partial charge in [0.05, 0.1) is 11.8 Å². The number of hydrogen-bond donors (Lipinski definition) is 2. The molecule has 3 N–H and O–H groups in total. The maximum atomic E-state index is 11.0. The molecular weight excluding hydrogens is 424 g/mol. The smallest absolute Gasteiger partial charge is 0.129 e. The van der Waals surface area contributed by atoms with Gasteiger partial charge in [-0.3, -0.25) is 4.90 Å². The molecule has 1 unspecified atom stereocenters. The first-order chi connectivity index (χ1) is 16.5. The molecule has 1 aliphatic rings. The van der Waals surface area contributed by atoms with Gasteiger partial charge in [0.1, 0.15) is 17.8 Å². The fourth-order valence-electron chi connectivity index (χ4n) is 4.42. The highest BCUT2D eigenvalue weighted by molar-refractivity contribution is 5.69. The maximum Gasteiger partial charge on any atom is 0.129 e. The standard InChI is InChI=1S/C28H36N4O2/c1-21(2)34-26-19-23(11-12-24(26)25-9-6-10-27(29)30-25)20-28(33)32-17-15-31(16-18-32)14-13-22-7-4-3-5-8-22/h3-12,19,21,28,33H,13-18,20H2,1-2H3,(H2,29,30). The summed E-state index contributed by atoms with van der Waals surface area (Å²) in [7, 11) is 0. The van der Waals surface area contributed by atoms with Gasteiger partial charge in [0.25, 0.3) is 0 Å². The molecule has 6 heteroatoms. The zero-order valence-electron chi connectivity index (χ0n) is 20.2. The van der Waals surface area contributed by atoms with Crippen LogP contribution in [-0.4, -0.2) is 64.9 Å². The highest BCUT2D eigenvalue weighted by Gasteiger charge is 2.23. The normalized spacial score (nSPS) is 16.0. The van der Waals surface area contributed by atoms with E-state index in [2.05, 4.69) is 45.1 Å². The zero-order chi connectivity index (χ0) is 23.9. The number of nitrogens with two attached hydrogens (primary N) is 1. The van der Waals surface area contributed by atoms with Gasteiger partial charge >= 0.3 is 0 Å². The summed E-state index contributed by atoms with van der Waals surface area (Å²) in [4.78, 5) is 9.11. The van der Waals surface area contributed by atoms with Gasteiger partial charge in [0.15, 0.2) is 0 Å². The molecule has 1 aromatic heterocycles. The lowest BCUT2D eigenvalue weighted by Gasteiger charge is -2.37. The van der Waals surface area contributed by atoms with E-state index in [0.717, 1.165) is 61.7 Å². The number of piperazine rings is 1. The Hall–Kier alpha value is -2.93. The Bertz CT molecular complexity index is 1050. The van der Waals surface area contributed by atoms with Crippen molar-refractivity contribution in [3.05, 3.63) is 77.9 Å². The molecule has 1 atom stereocenters. The summed E-state index contributed by atoms with van der Waals surface area (Å²) < 4.78 is 6.10. The summed E-state index contributed by atoms with van der Waals surface area (Å²) in [6, 6.07) is 22.3. The third-order valence-corrected chi connectivity index (χ3v) is 6.26. The number of ether oxygens (including phenoxy) is 1. The second kappa shape index (κ2) is 11.5. The van der Waals surface area contributed by atoms with Crippen LogP contribution >= 0.6 is 0 Å². The molecule has 0 aliphatic carbocycles. The lowest BCUT2D eigenvalue weighted by atomic mass is 10.0. The molecule has 180 valence electrons. The zero-order valence-corrected chi connectivity index (χ0v) is 20.2. The lowest BCUT2D eigenvalue weighted by molar-refractivity contribution is -0.0241. The van der Waals surface area contributed by atoms with Crippen molar-refractivity contribution >= 4 is 5.82 Å². The van der Waals surface area contributed by atoms with Crippen LogP contribution in [0.2, 0.25) is 0 Å². The molecule has 0 saturated carbocycles. The number of nitrogens with zero attached hydrogens (tertiary/aromatic N) is 3. The number of hydrogen-bond acceptors (Lipinski definition) is 6. The van der Waals surface area contributed by atoms with Crippen molar-refractivity contribution in [1.82, 2.24) is 14.8 Å². The minimum Gasteiger partial charge on any atom is -0.490 e. The SMILES string of the molecule is CC(C)Oc1cc(CC(O)N2CCN(CCc3ccccc3)CC2)ccc1-c1cccc(N)n1. The largest absolute Gasteiger partial charge is 0.490 e. The van der Waals surface area contributed by atoms with E-state index < -0.39 is 6.23 Å². The van der Waals surface area contributed by atoms with E-state index >= 15 is 0 Å². The van der Waals surface area contributed by atoms with Gasteiger partial charge in [-0.1, -0.05) is 42.5 Å². The Kier molecular flexibility index (Phi) is 8.16. The molecule has 3 aromatic rings. The van der Waals surface area contributed by atoms with Gasteiger partial charge in [-0.2, -0.15) is 0 Å². The number of rotatable bonds is 9. The van der Waals surface area contributed by atoms with Crippen molar-refractivity contribution in [3.8, 4) is 17.0 Å². The van der Waals surface area contributed by atoms with Gasteiger partial charge in [0.2, 0.25) is 0 Å².